The van der Waals surface area contributed by atoms with Gasteiger partial charge in [0.1, 0.15) is 11.5 Å². The molecule has 0 radical (unpaired) electrons. The molecule has 0 aliphatic heterocycles. The molecule has 0 saturated heterocycles. The number of hydrogen-bond acceptors (Lipinski definition) is 3. The van der Waals surface area contributed by atoms with Crippen LogP contribution in [0.5, 0.6) is 11.5 Å². The van der Waals surface area contributed by atoms with E-state index in [4.69, 9.17) is 10.5 Å². The van der Waals surface area contributed by atoms with Crippen LogP contribution in [0.3, 0.4) is 0 Å². The van der Waals surface area contributed by atoms with Gasteiger partial charge in [0.05, 0.1) is 7.11 Å². The van der Waals surface area contributed by atoms with Gasteiger partial charge in [-0.05, 0) is 35.9 Å². The maximum Gasteiger partial charge on any atom is 0.119 e. The average molecular weight is 215 g/mol. The smallest absolute Gasteiger partial charge is 0.119 e. The van der Waals surface area contributed by atoms with Gasteiger partial charge in [0, 0.05) is 11.3 Å². The fraction of sp³-hybridized carbons (Fsp3) is 0.0769. The first kappa shape index (κ1) is 10.4. The molecule has 2 rings (SSSR count). The van der Waals surface area contributed by atoms with E-state index in [0.29, 0.717) is 5.69 Å². The minimum Gasteiger partial charge on any atom is -0.508 e. The number of aromatic hydroxyl groups is 1. The molecule has 3 nitrogen and oxygen atoms in total. The molecule has 0 aliphatic carbocycles. The highest BCUT2D eigenvalue weighted by Crippen LogP contribution is 2.31. The first-order chi connectivity index (χ1) is 7.70. The zero-order chi connectivity index (χ0) is 11.5. The summed E-state index contributed by atoms with van der Waals surface area (Å²) in [5.41, 5.74) is 8.22. The zero-order valence-corrected chi connectivity index (χ0v) is 8.97. The molecule has 0 atom stereocenters. The van der Waals surface area contributed by atoms with Crippen LogP contribution in [0.25, 0.3) is 11.1 Å². The predicted molar refractivity (Wildman–Crippen MR) is 64.5 cm³/mol. The fourth-order valence-electron chi connectivity index (χ4n) is 1.58. The van der Waals surface area contributed by atoms with Crippen LogP contribution >= 0.6 is 0 Å². The summed E-state index contributed by atoms with van der Waals surface area (Å²) in [6.07, 6.45) is 0. The summed E-state index contributed by atoms with van der Waals surface area (Å²) < 4.78 is 5.14. The van der Waals surface area contributed by atoms with E-state index in [1.807, 2.05) is 24.3 Å². The lowest BCUT2D eigenvalue weighted by molar-refractivity contribution is 0.415. The van der Waals surface area contributed by atoms with Gasteiger partial charge in [-0.1, -0.05) is 12.1 Å². The van der Waals surface area contributed by atoms with Crippen LogP contribution in [0.1, 0.15) is 0 Å². The second kappa shape index (κ2) is 4.14. The molecule has 0 unspecified atom stereocenters. The number of anilines is 1. The standard InChI is InChI=1S/C13H13NO2/c1-16-11-4-2-3-9(7-11)12-8-10(15)5-6-13(12)14/h2-8,15H,14H2,1H3. The van der Waals surface area contributed by atoms with Gasteiger partial charge in [0.15, 0.2) is 0 Å². The molecule has 82 valence electrons. The molecule has 0 bridgehead atoms. The Labute approximate surface area is 94.1 Å². The van der Waals surface area contributed by atoms with Crippen molar-refractivity contribution < 1.29 is 9.84 Å². The third-order valence-corrected chi connectivity index (χ3v) is 2.42. The topological polar surface area (TPSA) is 55.5 Å². The first-order valence-corrected chi connectivity index (χ1v) is 4.93. The van der Waals surface area contributed by atoms with Gasteiger partial charge < -0.3 is 15.6 Å². The van der Waals surface area contributed by atoms with E-state index in [0.717, 1.165) is 16.9 Å². The second-order valence-corrected chi connectivity index (χ2v) is 3.50. The van der Waals surface area contributed by atoms with Crippen molar-refractivity contribution in [1.82, 2.24) is 0 Å². The van der Waals surface area contributed by atoms with Crippen LogP contribution in [0.15, 0.2) is 42.5 Å². The van der Waals surface area contributed by atoms with Crippen molar-refractivity contribution in [3.63, 3.8) is 0 Å². The Kier molecular flexibility index (Phi) is 2.68. The van der Waals surface area contributed by atoms with Crippen molar-refractivity contribution >= 4 is 5.69 Å². The van der Waals surface area contributed by atoms with Gasteiger partial charge in [-0.3, -0.25) is 0 Å². The van der Waals surface area contributed by atoms with Crippen LogP contribution in [0.4, 0.5) is 5.69 Å². The molecule has 0 aliphatic rings. The normalized spacial score (nSPS) is 10.1. The highest BCUT2D eigenvalue weighted by Gasteiger charge is 2.04. The van der Waals surface area contributed by atoms with Gasteiger partial charge in [-0.15, -0.1) is 0 Å². The van der Waals surface area contributed by atoms with Gasteiger partial charge in [-0.2, -0.15) is 0 Å². The Balaban J connectivity index is 2.53. The molecular weight excluding hydrogens is 202 g/mol. The van der Waals surface area contributed by atoms with Crippen molar-refractivity contribution in [2.75, 3.05) is 12.8 Å². The molecule has 0 aromatic heterocycles. The molecule has 0 heterocycles. The van der Waals surface area contributed by atoms with Crippen LogP contribution < -0.4 is 10.5 Å². The van der Waals surface area contributed by atoms with Crippen molar-refractivity contribution in [3.05, 3.63) is 42.5 Å². The Bertz CT molecular complexity index is 509. The summed E-state index contributed by atoms with van der Waals surface area (Å²) in [6.45, 7) is 0. The predicted octanol–water partition coefficient (Wildman–Crippen LogP) is 2.65. The second-order valence-electron chi connectivity index (χ2n) is 3.50. The van der Waals surface area contributed by atoms with E-state index in [-0.39, 0.29) is 5.75 Å². The molecule has 3 heteroatoms. The SMILES string of the molecule is COc1cccc(-c2cc(O)ccc2N)c1. The van der Waals surface area contributed by atoms with E-state index >= 15 is 0 Å². The maximum absolute atomic E-state index is 9.44. The Morgan fingerprint density at radius 2 is 1.94 bits per heavy atom. The Morgan fingerprint density at radius 3 is 2.69 bits per heavy atom. The molecule has 0 fully saturated rings. The first-order valence-electron chi connectivity index (χ1n) is 4.93. The lowest BCUT2D eigenvalue weighted by atomic mass is 10.0. The van der Waals surface area contributed by atoms with Gasteiger partial charge >= 0.3 is 0 Å². The summed E-state index contributed by atoms with van der Waals surface area (Å²) in [5, 5.41) is 9.44. The third-order valence-electron chi connectivity index (χ3n) is 2.42. The number of nitrogen functional groups attached to an aromatic ring is 1. The Hall–Kier alpha value is -2.16. The summed E-state index contributed by atoms with van der Waals surface area (Å²) >= 11 is 0. The number of benzene rings is 2. The summed E-state index contributed by atoms with van der Waals surface area (Å²) in [5.74, 6) is 0.965. The highest BCUT2D eigenvalue weighted by molar-refractivity contribution is 5.78. The van der Waals surface area contributed by atoms with E-state index in [9.17, 15) is 5.11 Å². The number of phenolic OH excluding ortho intramolecular Hbond substituents is 1. The molecule has 2 aromatic carbocycles. The lowest BCUT2D eigenvalue weighted by Gasteiger charge is -2.08. The molecule has 0 saturated carbocycles. The van der Waals surface area contributed by atoms with Crippen LogP contribution in [0.2, 0.25) is 0 Å². The van der Waals surface area contributed by atoms with E-state index in [1.165, 1.54) is 0 Å². The number of methoxy groups -OCH3 is 1. The zero-order valence-electron chi connectivity index (χ0n) is 8.97. The van der Waals surface area contributed by atoms with Gasteiger partial charge in [0.2, 0.25) is 0 Å². The van der Waals surface area contributed by atoms with Gasteiger partial charge in [-0.25, -0.2) is 0 Å². The van der Waals surface area contributed by atoms with E-state index in [1.54, 1.807) is 25.3 Å². The van der Waals surface area contributed by atoms with Crippen LogP contribution in [-0.2, 0) is 0 Å². The van der Waals surface area contributed by atoms with Crippen molar-refractivity contribution in [2.24, 2.45) is 0 Å². The molecular formula is C13H13NO2. The Morgan fingerprint density at radius 1 is 1.12 bits per heavy atom. The number of nitrogens with two attached hydrogens (primary N) is 1. The lowest BCUT2D eigenvalue weighted by Crippen LogP contribution is -1.90. The molecule has 16 heavy (non-hydrogen) atoms. The minimum atomic E-state index is 0.201. The molecule has 3 N–H and O–H groups in total. The van der Waals surface area contributed by atoms with E-state index in [2.05, 4.69) is 0 Å². The largest absolute Gasteiger partial charge is 0.508 e. The van der Waals surface area contributed by atoms with E-state index < -0.39 is 0 Å². The van der Waals surface area contributed by atoms with Crippen LogP contribution in [-0.4, -0.2) is 12.2 Å². The maximum atomic E-state index is 9.44. The van der Waals surface area contributed by atoms with Crippen LogP contribution in [0, 0.1) is 0 Å². The average Bonchev–Trinajstić information content (AvgIpc) is 2.32. The van der Waals surface area contributed by atoms with Gasteiger partial charge in [0.25, 0.3) is 0 Å². The monoisotopic (exact) mass is 215 g/mol. The summed E-state index contributed by atoms with van der Waals surface area (Å²) in [4.78, 5) is 0. The number of rotatable bonds is 2. The minimum absolute atomic E-state index is 0.201. The molecule has 2 aromatic rings. The molecule has 0 amide bonds. The van der Waals surface area contributed by atoms with Crippen molar-refractivity contribution in [3.8, 4) is 22.6 Å². The molecule has 0 spiro atoms. The van der Waals surface area contributed by atoms with Crippen molar-refractivity contribution in [1.29, 1.82) is 0 Å². The van der Waals surface area contributed by atoms with Crippen molar-refractivity contribution in [2.45, 2.75) is 0 Å². The summed E-state index contributed by atoms with van der Waals surface area (Å²) in [6, 6.07) is 12.5. The number of phenols is 1. The third kappa shape index (κ3) is 1.93. The number of ether oxygens (including phenoxy) is 1. The number of hydrogen-bond donors (Lipinski definition) is 2. The highest BCUT2D eigenvalue weighted by atomic mass is 16.5. The quantitative estimate of drug-likeness (QED) is 0.598. The summed E-state index contributed by atoms with van der Waals surface area (Å²) in [7, 11) is 1.62. The fourth-order valence-corrected chi connectivity index (χ4v) is 1.58.